The van der Waals surface area contributed by atoms with Crippen molar-refractivity contribution >= 4 is 11.3 Å². The number of ether oxygens (including phenoxy) is 4. The fraction of sp³-hybridized carbons (Fsp3) is 0.500. The normalized spacial score (nSPS) is 16.8. The van der Waals surface area contributed by atoms with Crippen molar-refractivity contribution in [3.05, 3.63) is 40.1 Å². The Balaban J connectivity index is 1.82. The van der Waals surface area contributed by atoms with Crippen LogP contribution < -0.4 is 14.2 Å². The van der Waals surface area contributed by atoms with Crippen molar-refractivity contribution in [1.29, 1.82) is 0 Å². The second-order valence-electron chi connectivity index (χ2n) is 6.43. The van der Waals surface area contributed by atoms with E-state index in [1.54, 1.807) is 32.7 Å². The molecule has 0 radical (unpaired) electrons. The summed E-state index contributed by atoms with van der Waals surface area (Å²) < 4.78 is 22.4. The molecule has 1 aliphatic rings. The molecule has 0 bridgehead atoms. The van der Waals surface area contributed by atoms with Crippen molar-refractivity contribution in [2.45, 2.75) is 32.0 Å². The fourth-order valence-corrected chi connectivity index (χ4v) is 4.09. The van der Waals surface area contributed by atoms with Gasteiger partial charge in [-0.1, -0.05) is 6.07 Å². The topological polar surface area (TPSA) is 40.2 Å². The molecule has 1 aromatic heterocycles. The Morgan fingerprint density at radius 1 is 1.08 bits per heavy atom. The van der Waals surface area contributed by atoms with E-state index in [9.17, 15) is 0 Å². The molecule has 1 aromatic carbocycles. The molecular weight excluding hydrogens is 350 g/mol. The zero-order valence-electron chi connectivity index (χ0n) is 15.7. The summed E-state index contributed by atoms with van der Waals surface area (Å²) in [5, 5.41) is 4.32. The van der Waals surface area contributed by atoms with Crippen LogP contribution in [0.2, 0.25) is 0 Å². The molecule has 1 atom stereocenters. The monoisotopic (exact) mass is 377 g/mol. The lowest BCUT2D eigenvalue weighted by Gasteiger charge is -2.26. The number of benzene rings is 1. The van der Waals surface area contributed by atoms with Gasteiger partial charge in [0, 0.05) is 31.8 Å². The molecule has 1 saturated heterocycles. The molecule has 1 unspecified atom stereocenters. The SMILES string of the molecule is COc1ccc(CN(Cc2ccsc2)CC2CCCO2)c(OC)c1OC. The molecule has 142 valence electrons. The number of methoxy groups -OCH3 is 3. The van der Waals surface area contributed by atoms with E-state index in [2.05, 4.69) is 27.8 Å². The minimum atomic E-state index is 0.305. The Labute approximate surface area is 159 Å². The van der Waals surface area contributed by atoms with Crippen molar-refractivity contribution in [3.8, 4) is 17.2 Å². The lowest BCUT2D eigenvalue weighted by atomic mass is 10.1. The van der Waals surface area contributed by atoms with Crippen LogP contribution in [0.25, 0.3) is 0 Å². The molecule has 2 heterocycles. The van der Waals surface area contributed by atoms with Crippen LogP contribution in [0.1, 0.15) is 24.0 Å². The molecule has 5 nitrogen and oxygen atoms in total. The van der Waals surface area contributed by atoms with Crippen LogP contribution in [0.4, 0.5) is 0 Å². The first-order chi connectivity index (χ1) is 12.7. The number of hydrogen-bond donors (Lipinski definition) is 0. The third-order valence-electron chi connectivity index (χ3n) is 4.65. The van der Waals surface area contributed by atoms with Crippen molar-refractivity contribution in [1.82, 2.24) is 4.90 Å². The predicted octanol–water partition coefficient (Wildman–Crippen LogP) is 3.96. The number of rotatable bonds is 9. The van der Waals surface area contributed by atoms with Gasteiger partial charge in [-0.3, -0.25) is 4.90 Å². The Morgan fingerprint density at radius 2 is 1.92 bits per heavy atom. The van der Waals surface area contributed by atoms with Crippen LogP contribution in [-0.2, 0) is 17.8 Å². The van der Waals surface area contributed by atoms with Gasteiger partial charge in [-0.15, -0.1) is 0 Å². The number of thiophene rings is 1. The van der Waals surface area contributed by atoms with E-state index < -0.39 is 0 Å². The van der Waals surface area contributed by atoms with Crippen molar-refractivity contribution in [3.63, 3.8) is 0 Å². The maximum Gasteiger partial charge on any atom is 0.203 e. The second kappa shape index (κ2) is 9.26. The van der Waals surface area contributed by atoms with Crippen LogP contribution in [0.5, 0.6) is 17.2 Å². The largest absolute Gasteiger partial charge is 0.493 e. The Hall–Kier alpha value is -1.76. The van der Waals surface area contributed by atoms with E-state index in [0.29, 0.717) is 17.6 Å². The molecule has 3 rings (SSSR count). The maximum atomic E-state index is 5.86. The number of hydrogen-bond acceptors (Lipinski definition) is 6. The lowest BCUT2D eigenvalue weighted by molar-refractivity contribution is 0.0676. The van der Waals surface area contributed by atoms with E-state index in [4.69, 9.17) is 18.9 Å². The zero-order valence-corrected chi connectivity index (χ0v) is 16.5. The highest BCUT2D eigenvalue weighted by atomic mass is 32.1. The minimum absolute atomic E-state index is 0.305. The molecular formula is C20H27NO4S. The van der Waals surface area contributed by atoms with Gasteiger partial charge >= 0.3 is 0 Å². The summed E-state index contributed by atoms with van der Waals surface area (Å²) in [4.78, 5) is 2.42. The first-order valence-electron chi connectivity index (χ1n) is 8.88. The second-order valence-corrected chi connectivity index (χ2v) is 7.21. The van der Waals surface area contributed by atoms with Crippen molar-refractivity contribution in [2.75, 3.05) is 34.5 Å². The smallest absolute Gasteiger partial charge is 0.203 e. The number of nitrogens with zero attached hydrogens (tertiary/aromatic N) is 1. The Morgan fingerprint density at radius 3 is 2.54 bits per heavy atom. The first kappa shape index (κ1) is 19.0. The van der Waals surface area contributed by atoms with Gasteiger partial charge in [0.05, 0.1) is 27.4 Å². The summed E-state index contributed by atoms with van der Waals surface area (Å²) in [5.74, 6) is 2.05. The third-order valence-corrected chi connectivity index (χ3v) is 5.38. The van der Waals surface area contributed by atoms with Gasteiger partial charge < -0.3 is 18.9 Å². The molecule has 1 fully saturated rings. The highest BCUT2D eigenvalue weighted by Gasteiger charge is 2.22. The van der Waals surface area contributed by atoms with Gasteiger partial charge in [0.2, 0.25) is 5.75 Å². The summed E-state index contributed by atoms with van der Waals surface area (Å²) in [6.07, 6.45) is 2.58. The standard InChI is InChI=1S/C20H27NO4S/c1-22-18-7-6-16(19(23-2)20(18)24-3)12-21(11-15-8-10-26-14-15)13-17-5-4-9-25-17/h6-8,10,14,17H,4-5,9,11-13H2,1-3H3. The summed E-state index contributed by atoms with van der Waals surface area (Å²) in [6, 6.07) is 6.17. The van der Waals surface area contributed by atoms with Gasteiger partial charge in [-0.05, 0) is 41.3 Å². The zero-order chi connectivity index (χ0) is 18.4. The van der Waals surface area contributed by atoms with Gasteiger partial charge in [0.15, 0.2) is 11.5 Å². The van der Waals surface area contributed by atoms with E-state index in [1.807, 2.05) is 6.07 Å². The summed E-state index contributed by atoms with van der Waals surface area (Å²) in [6.45, 7) is 3.43. The van der Waals surface area contributed by atoms with Crippen molar-refractivity contribution < 1.29 is 18.9 Å². The van der Waals surface area contributed by atoms with E-state index >= 15 is 0 Å². The molecule has 0 saturated carbocycles. The molecule has 0 N–H and O–H groups in total. The van der Waals surface area contributed by atoms with Crippen LogP contribution in [0.15, 0.2) is 29.0 Å². The maximum absolute atomic E-state index is 5.86. The summed E-state index contributed by atoms with van der Waals surface area (Å²) >= 11 is 1.73. The average Bonchev–Trinajstić information content (AvgIpc) is 3.35. The highest BCUT2D eigenvalue weighted by molar-refractivity contribution is 7.07. The highest BCUT2D eigenvalue weighted by Crippen LogP contribution is 2.40. The quantitative estimate of drug-likeness (QED) is 0.662. The molecule has 6 heteroatoms. The fourth-order valence-electron chi connectivity index (χ4n) is 3.43. The molecule has 26 heavy (non-hydrogen) atoms. The predicted molar refractivity (Wildman–Crippen MR) is 104 cm³/mol. The molecule has 0 spiro atoms. The Kier molecular flexibility index (Phi) is 6.77. The molecule has 2 aromatic rings. The van der Waals surface area contributed by atoms with E-state index in [1.165, 1.54) is 5.56 Å². The van der Waals surface area contributed by atoms with Gasteiger partial charge in [-0.2, -0.15) is 11.3 Å². The van der Waals surface area contributed by atoms with Gasteiger partial charge in [-0.25, -0.2) is 0 Å². The Bertz CT molecular complexity index is 683. The molecule has 1 aliphatic heterocycles. The van der Waals surface area contributed by atoms with E-state index in [0.717, 1.165) is 50.4 Å². The van der Waals surface area contributed by atoms with Gasteiger partial charge in [0.1, 0.15) is 0 Å². The van der Waals surface area contributed by atoms with Crippen LogP contribution >= 0.6 is 11.3 Å². The van der Waals surface area contributed by atoms with Gasteiger partial charge in [0.25, 0.3) is 0 Å². The average molecular weight is 378 g/mol. The first-order valence-corrected chi connectivity index (χ1v) is 9.82. The third kappa shape index (κ3) is 4.50. The van der Waals surface area contributed by atoms with E-state index in [-0.39, 0.29) is 0 Å². The van der Waals surface area contributed by atoms with Crippen molar-refractivity contribution in [2.24, 2.45) is 0 Å². The summed E-state index contributed by atoms with van der Waals surface area (Å²) in [7, 11) is 4.95. The van der Waals surface area contributed by atoms with Crippen LogP contribution in [-0.4, -0.2) is 45.5 Å². The molecule has 0 amide bonds. The molecule has 0 aliphatic carbocycles. The van der Waals surface area contributed by atoms with Crippen LogP contribution in [0, 0.1) is 0 Å². The van der Waals surface area contributed by atoms with Crippen LogP contribution in [0.3, 0.4) is 0 Å². The summed E-state index contributed by atoms with van der Waals surface area (Å²) in [5.41, 5.74) is 2.41. The lowest BCUT2D eigenvalue weighted by Crippen LogP contribution is -2.31. The minimum Gasteiger partial charge on any atom is -0.493 e.